The number of hydrogen-bond donors (Lipinski definition) is 1. The number of benzene rings is 6. The van der Waals surface area contributed by atoms with E-state index in [1.165, 1.54) is 72.8 Å². The van der Waals surface area contributed by atoms with Crippen LogP contribution in [0.5, 0.6) is 0 Å². The third-order valence-corrected chi connectivity index (χ3v) is 19.3. The Hall–Kier alpha value is -7.46. The van der Waals surface area contributed by atoms with Crippen LogP contribution in [0.15, 0.2) is 182 Å². The van der Waals surface area contributed by atoms with Crippen LogP contribution in [-0.4, -0.2) is 128 Å². The fourth-order valence-corrected chi connectivity index (χ4v) is 12.1. The van der Waals surface area contributed by atoms with Crippen LogP contribution >= 0.6 is 34.8 Å². The van der Waals surface area contributed by atoms with E-state index in [0.717, 1.165) is 0 Å². The van der Waals surface area contributed by atoms with E-state index in [9.17, 15) is 28.8 Å². The molecule has 0 spiro atoms. The second kappa shape index (κ2) is 29.4. The molecule has 0 amide bonds. The molecule has 0 bridgehead atoms. The average molecular weight is 1230 g/mol. The Labute approximate surface area is 501 Å². The molecule has 0 aliphatic carbocycles. The fraction of sp³-hybridized carbons (Fsp3) is 0.306. The summed E-state index contributed by atoms with van der Waals surface area (Å²) >= 11 is 18.6. The monoisotopic (exact) mass is 1220 g/mol. The first-order valence-corrected chi connectivity index (χ1v) is 30.6. The molecule has 0 aromatic heterocycles. The molecule has 2 fully saturated rings. The van der Waals surface area contributed by atoms with E-state index in [4.69, 9.17) is 92.0 Å². The molecule has 2 aliphatic rings. The zero-order valence-corrected chi connectivity index (χ0v) is 49.0. The van der Waals surface area contributed by atoms with Crippen molar-refractivity contribution in [3.8, 4) is 0 Å². The van der Waals surface area contributed by atoms with Crippen molar-refractivity contribution >= 4 is 84.8 Å². The van der Waals surface area contributed by atoms with Crippen LogP contribution in [0.1, 0.15) is 82.9 Å². The van der Waals surface area contributed by atoms with Gasteiger partial charge in [-0.3, -0.25) is 5.41 Å². The molecule has 8 rings (SSSR count). The number of rotatable bonds is 22. The van der Waals surface area contributed by atoms with Crippen LogP contribution in [0.25, 0.3) is 0 Å². The van der Waals surface area contributed by atoms with Crippen LogP contribution < -0.4 is 0 Å². The molecule has 2 saturated heterocycles. The molecule has 0 radical (unpaired) electrons. The van der Waals surface area contributed by atoms with Crippen LogP contribution in [-0.2, 0) is 51.8 Å². The highest BCUT2D eigenvalue weighted by atomic mass is 35.6. The summed E-state index contributed by atoms with van der Waals surface area (Å²) in [4.78, 5) is 86.1. The highest BCUT2D eigenvalue weighted by Gasteiger charge is 2.58. The lowest BCUT2D eigenvalue weighted by atomic mass is 9.96. The van der Waals surface area contributed by atoms with Crippen molar-refractivity contribution in [1.82, 2.24) is 0 Å². The predicted octanol–water partition coefficient (Wildman–Crippen LogP) is 11.2. The van der Waals surface area contributed by atoms with Crippen LogP contribution in [0.4, 0.5) is 0 Å². The first-order valence-electron chi connectivity index (χ1n) is 27.0. The van der Waals surface area contributed by atoms with Crippen LogP contribution in [0.2, 0.25) is 18.1 Å². The van der Waals surface area contributed by atoms with Gasteiger partial charge in [-0.15, -0.1) is 0 Å². The van der Waals surface area contributed by atoms with Crippen molar-refractivity contribution in [3.05, 3.63) is 215 Å². The summed E-state index contributed by atoms with van der Waals surface area (Å²) in [6.45, 7) is 4.97. The highest BCUT2D eigenvalue weighted by molar-refractivity contribution is 6.76. The van der Waals surface area contributed by atoms with Gasteiger partial charge in [-0.2, -0.15) is 0 Å². The highest BCUT2D eigenvalue weighted by Crippen LogP contribution is 2.38. The zero-order valence-electron chi connectivity index (χ0n) is 45.7. The van der Waals surface area contributed by atoms with E-state index < -0.39 is 122 Å². The van der Waals surface area contributed by atoms with E-state index in [-0.39, 0.29) is 40.0 Å². The van der Waals surface area contributed by atoms with Gasteiger partial charge in [-0.1, -0.05) is 165 Å². The van der Waals surface area contributed by atoms with Crippen LogP contribution in [0, 0.1) is 5.41 Å². The second-order valence-electron chi connectivity index (χ2n) is 19.3. The Morgan fingerprint density at radius 3 is 0.952 bits per heavy atom. The van der Waals surface area contributed by atoms with Gasteiger partial charge in [-0.05, 0) is 90.9 Å². The van der Waals surface area contributed by atoms with Crippen molar-refractivity contribution in [3.63, 3.8) is 0 Å². The number of carbonyl (C=O) groups excluding carboxylic acids is 6. The van der Waals surface area contributed by atoms with E-state index in [1.807, 2.05) is 20.8 Å². The summed E-state index contributed by atoms with van der Waals surface area (Å²) in [7, 11) is -2.53. The maximum atomic E-state index is 14.5. The molecule has 6 aromatic carbocycles. The van der Waals surface area contributed by atoms with Crippen molar-refractivity contribution in [2.45, 2.75) is 104 Å². The smallest absolute Gasteiger partial charge is 0.338 e. The summed E-state index contributed by atoms with van der Waals surface area (Å²) in [5.41, 5.74) is 0.304. The van der Waals surface area contributed by atoms with Crippen LogP contribution in [0.3, 0.4) is 0 Å². The third kappa shape index (κ3) is 16.0. The SMILES string of the molecule is CC[Si](CC)(CC)OC[C@H]1O[C@@H](OC[C@H]2OC(OC(=N)C(Cl)(Cl)Cl)[C@H](OC(=O)c3ccccc3)[C@@H](OC(=O)c3ccccc3)[C@@H]2OC(=O)c2ccccc2)[C@H](OC(=O)c2ccccc2)[C@@H](OC(=O)c2ccccc2)[C@@H]1OC(=O)c1ccccc1. The molecule has 10 atom stereocenters. The van der Waals surface area contributed by atoms with Gasteiger partial charge in [0.15, 0.2) is 45.1 Å². The summed E-state index contributed by atoms with van der Waals surface area (Å²) in [6, 6.07) is 48.9. The summed E-state index contributed by atoms with van der Waals surface area (Å²) < 4.78 is 67.7. The first kappa shape index (κ1) is 62.6. The Kier molecular flexibility index (Phi) is 21.9. The van der Waals surface area contributed by atoms with Gasteiger partial charge in [-0.25, -0.2) is 28.8 Å². The van der Waals surface area contributed by atoms with Gasteiger partial charge in [0.05, 0.1) is 46.6 Å². The molecule has 1 N–H and O–H groups in total. The summed E-state index contributed by atoms with van der Waals surface area (Å²) in [6.07, 6.45) is -17.8. The second-order valence-corrected chi connectivity index (χ2v) is 26.4. The fourth-order valence-electron chi connectivity index (χ4n) is 9.34. The number of alkyl halides is 3. The van der Waals surface area contributed by atoms with E-state index >= 15 is 0 Å². The zero-order chi connectivity index (χ0) is 59.8. The molecule has 440 valence electrons. The minimum atomic E-state index is -2.56. The van der Waals surface area contributed by atoms with E-state index in [2.05, 4.69) is 0 Å². The van der Waals surface area contributed by atoms with E-state index in [1.54, 1.807) is 109 Å². The van der Waals surface area contributed by atoms with Gasteiger partial charge in [0, 0.05) is 0 Å². The number of esters is 6. The quantitative estimate of drug-likeness (QED) is 0.0166. The molecule has 84 heavy (non-hydrogen) atoms. The lowest BCUT2D eigenvalue weighted by molar-refractivity contribution is -0.321. The van der Waals surface area contributed by atoms with Crippen molar-refractivity contribution in [2.24, 2.45) is 0 Å². The molecule has 0 saturated carbocycles. The topological polar surface area (TPSA) is 228 Å². The molecule has 6 aromatic rings. The number of halogens is 3. The lowest BCUT2D eigenvalue weighted by Gasteiger charge is -2.47. The molecule has 2 heterocycles. The minimum Gasteiger partial charge on any atom is -0.452 e. The molecule has 1 unspecified atom stereocenters. The maximum absolute atomic E-state index is 14.5. The number of carbonyl (C=O) groups is 6. The summed E-state index contributed by atoms with van der Waals surface area (Å²) in [5.74, 6) is -6.75. The number of hydrogen-bond acceptors (Lipinski definition) is 18. The average Bonchev–Trinajstić information content (AvgIpc) is 2.51. The normalized spacial score (nSPS) is 22.3. The summed E-state index contributed by atoms with van der Waals surface area (Å²) in [5, 5.41) is 8.71. The standard InChI is InChI=1S/C62H60Cl3NO17Si/c1-4-84(5-2,6-3)74-38-46-48(78-54(68)40-27-15-8-16-28-40)49(79-55(69)41-29-17-9-18-30-41)51(81-57(71)43-33-21-11-22-34-43)59(75-46)73-37-45-47(77-53(67)39-25-13-7-14-26-39)50(80-56(70)42-31-19-10-20-32-42)52(60(76-45)83-61(66)62(63,64)65)82-58(72)44-35-23-12-24-36-44/h7-36,45-52,59-60,66H,4-6,37-38H2,1-3H3/t45-,46-,47-,48-,49+,50+,51-,52-,59-,60?/m1/s1. The Morgan fingerprint density at radius 2 is 0.655 bits per heavy atom. The minimum absolute atomic E-state index is 0.0106. The molecule has 18 nitrogen and oxygen atoms in total. The lowest BCUT2D eigenvalue weighted by Crippen LogP contribution is -2.65. The van der Waals surface area contributed by atoms with Crippen molar-refractivity contribution < 1.29 is 80.6 Å². The van der Waals surface area contributed by atoms with Gasteiger partial charge < -0.3 is 51.8 Å². The Bertz CT molecular complexity index is 3160. The maximum Gasteiger partial charge on any atom is 0.338 e. The largest absolute Gasteiger partial charge is 0.452 e. The van der Waals surface area contributed by atoms with Gasteiger partial charge in [0.25, 0.3) is 3.79 Å². The first-order chi connectivity index (χ1) is 40.5. The van der Waals surface area contributed by atoms with Gasteiger partial charge in [0.2, 0.25) is 18.3 Å². The van der Waals surface area contributed by atoms with Gasteiger partial charge in [0.1, 0.15) is 12.2 Å². The molecule has 22 heteroatoms. The molecular formula is C62H60Cl3NO17Si. The Morgan fingerprint density at radius 1 is 0.393 bits per heavy atom. The van der Waals surface area contributed by atoms with Crippen molar-refractivity contribution in [1.29, 1.82) is 5.41 Å². The van der Waals surface area contributed by atoms with E-state index in [0.29, 0.717) is 18.1 Å². The Balaban J connectivity index is 1.27. The number of ether oxygens (including phenoxy) is 10. The molecule has 2 aliphatic heterocycles. The van der Waals surface area contributed by atoms with Crippen molar-refractivity contribution in [2.75, 3.05) is 13.2 Å². The predicted molar refractivity (Wildman–Crippen MR) is 309 cm³/mol. The number of nitrogens with one attached hydrogen (secondary N) is 1. The molecular weight excluding hydrogens is 1170 g/mol. The van der Waals surface area contributed by atoms with Gasteiger partial charge >= 0.3 is 35.8 Å². The third-order valence-electron chi connectivity index (χ3n) is 14.1.